The predicted octanol–water partition coefficient (Wildman–Crippen LogP) is 3.92. The monoisotopic (exact) mass is 305 g/mol. The van der Waals surface area contributed by atoms with Gasteiger partial charge in [0.1, 0.15) is 5.82 Å². The van der Waals surface area contributed by atoms with Gasteiger partial charge in [0, 0.05) is 26.0 Å². The lowest BCUT2D eigenvalue weighted by Gasteiger charge is -2.19. The predicted molar refractivity (Wildman–Crippen MR) is 94.2 cm³/mol. The van der Waals surface area contributed by atoms with E-state index in [0.717, 1.165) is 12.4 Å². The molecule has 3 aromatic rings. The highest BCUT2D eigenvalue weighted by atomic mass is 15.1. The molecule has 1 atom stereocenters. The van der Waals surface area contributed by atoms with Crippen molar-refractivity contribution in [1.29, 1.82) is 0 Å². The van der Waals surface area contributed by atoms with E-state index in [9.17, 15) is 0 Å². The van der Waals surface area contributed by atoms with Crippen LogP contribution in [0.4, 0.5) is 0 Å². The Morgan fingerprint density at radius 3 is 2.48 bits per heavy atom. The maximum Gasteiger partial charge on any atom is 0.130 e. The molecule has 0 amide bonds. The minimum atomic E-state index is 0.0813. The van der Waals surface area contributed by atoms with Crippen molar-refractivity contribution in [2.75, 3.05) is 0 Å². The Balaban J connectivity index is 1.85. The van der Waals surface area contributed by atoms with Crippen LogP contribution in [-0.4, -0.2) is 9.55 Å². The smallest absolute Gasteiger partial charge is 0.130 e. The van der Waals surface area contributed by atoms with Crippen molar-refractivity contribution in [3.05, 3.63) is 89.0 Å². The zero-order chi connectivity index (χ0) is 16.2. The number of hydrogen-bond donors (Lipinski definition) is 1. The van der Waals surface area contributed by atoms with Gasteiger partial charge in [-0.1, -0.05) is 48.5 Å². The van der Waals surface area contributed by atoms with Crippen LogP contribution in [0.5, 0.6) is 0 Å². The highest BCUT2D eigenvalue weighted by Gasteiger charge is 2.17. The molecular weight excluding hydrogens is 282 g/mol. The van der Waals surface area contributed by atoms with Gasteiger partial charge in [0.2, 0.25) is 0 Å². The first-order valence-corrected chi connectivity index (χ1v) is 7.97. The summed E-state index contributed by atoms with van der Waals surface area (Å²) in [6.45, 7) is 5.12. The van der Waals surface area contributed by atoms with Crippen molar-refractivity contribution >= 4 is 0 Å². The first-order chi connectivity index (χ1) is 11.1. The SMILES string of the molecule is Cc1ccc(CN[C@@H](c2ccccc2)c2nccn2C)cc1C. The molecule has 118 valence electrons. The van der Waals surface area contributed by atoms with Crippen molar-refractivity contribution in [2.24, 2.45) is 7.05 Å². The van der Waals surface area contributed by atoms with Gasteiger partial charge < -0.3 is 4.57 Å². The van der Waals surface area contributed by atoms with Gasteiger partial charge in [-0.05, 0) is 36.1 Å². The second-order valence-electron chi connectivity index (χ2n) is 6.04. The summed E-state index contributed by atoms with van der Waals surface area (Å²) in [4.78, 5) is 4.54. The van der Waals surface area contributed by atoms with Gasteiger partial charge in [-0.25, -0.2) is 4.98 Å². The third-order valence-corrected chi connectivity index (χ3v) is 4.33. The number of nitrogens with zero attached hydrogens (tertiary/aromatic N) is 2. The Morgan fingerprint density at radius 1 is 1.04 bits per heavy atom. The number of aromatic nitrogens is 2. The molecule has 3 nitrogen and oxygen atoms in total. The Morgan fingerprint density at radius 2 is 1.83 bits per heavy atom. The van der Waals surface area contributed by atoms with Crippen LogP contribution in [0.3, 0.4) is 0 Å². The number of rotatable bonds is 5. The molecule has 1 aromatic heterocycles. The van der Waals surface area contributed by atoms with Crippen molar-refractivity contribution in [2.45, 2.75) is 26.4 Å². The molecule has 0 saturated carbocycles. The highest BCUT2D eigenvalue weighted by molar-refractivity contribution is 5.31. The fourth-order valence-electron chi connectivity index (χ4n) is 2.79. The summed E-state index contributed by atoms with van der Waals surface area (Å²) in [5.74, 6) is 1.03. The Bertz CT molecular complexity index is 775. The lowest BCUT2D eigenvalue weighted by atomic mass is 10.0. The average Bonchev–Trinajstić information content (AvgIpc) is 2.98. The second-order valence-corrected chi connectivity index (χ2v) is 6.04. The van der Waals surface area contributed by atoms with E-state index in [-0.39, 0.29) is 6.04 Å². The zero-order valence-corrected chi connectivity index (χ0v) is 14.0. The fourth-order valence-corrected chi connectivity index (χ4v) is 2.79. The molecule has 0 unspecified atom stereocenters. The number of hydrogen-bond acceptors (Lipinski definition) is 2. The molecular formula is C20H23N3. The topological polar surface area (TPSA) is 29.9 Å². The summed E-state index contributed by atoms with van der Waals surface area (Å²) >= 11 is 0. The lowest BCUT2D eigenvalue weighted by molar-refractivity contribution is 0.558. The summed E-state index contributed by atoms with van der Waals surface area (Å²) in [7, 11) is 2.04. The van der Waals surface area contributed by atoms with Crippen molar-refractivity contribution in [3.8, 4) is 0 Å². The molecule has 1 heterocycles. The molecule has 2 aromatic carbocycles. The third-order valence-electron chi connectivity index (χ3n) is 4.33. The summed E-state index contributed by atoms with van der Waals surface area (Å²) in [6.07, 6.45) is 3.84. The number of benzene rings is 2. The van der Waals surface area contributed by atoms with Crippen LogP contribution >= 0.6 is 0 Å². The van der Waals surface area contributed by atoms with E-state index in [1.165, 1.54) is 22.3 Å². The fraction of sp³-hybridized carbons (Fsp3) is 0.250. The van der Waals surface area contributed by atoms with Gasteiger partial charge in [0.05, 0.1) is 6.04 Å². The Kier molecular flexibility index (Phi) is 4.58. The highest BCUT2D eigenvalue weighted by Crippen LogP contribution is 2.21. The van der Waals surface area contributed by atoms with Crippen LogP contribution in [0.1, 0.15) is 34.1 Å². The lowest BCUT2D eigenvalue weighted by Crippen LogP contribution is -2.24. The van der Waals surface area contributed by atoms with Crippen LogP contribution in [0.2, 0.25) is 0 Å². The summed E-state index contributed by atoms with van der Waals surface area (Å²) in [5, 5.41) is 3.66. The molecule has 0 aliphatic heterocycles. The van der Waals surface area contributed by atoms with Gasteiger partial charge in [-0.3, -0.25) is 5.32 Å². The Hall–Kier alpha value is -2.39. The van der Waals surface area contributed by atoms with Gasteiger partial charge >= 0.3 is 0 Å². The number of imidazole rings is 1. The molecule has 3 rings (SSSR count). The number of aryl methyl sites for hydroxylation is 3. The minimum absolute atomic E-state index is 0.0813. The van der Waals surface area contributed by atoms with Crippen LogP contribution in [-0.2, 0) is 13.6 Å². The molecule has 0 aliphatic carbocycles. The maximum atomic E-state index is 4.54. The molecule has 1 N–H and O–H groups in total. The van der Waals surface area contributed by atoms with E-state index in [4.69, 9.17) is 0 Å². The van der Waals surface area contributed by atoms with E-state index in [2.05, 4.69) is 71.2 Å². The van der Waals surface area contributed by atoms with E-state index >= 15 is 0 Å². The quantitative estimate of drug-likeness (QED) is 0.774. The third kappa shape index (κ3) is 3.51. The molecule has 0 bridgehead atoms. The van der Waals surface area contributed by atoms with Crippen molar-refractivity contribution in [3.63, 3.8) is 0 Å². The maximum absolute atomic E-state index is 4.54. The minimum Gasteiger partial charge on any atom is -0.336 e. The number of nitrogens with one attached hydrogen (secondary N) is 1. The van der Waals surface area contributed by atoms with Crippen molar-refractivity contribution in [1.82, 2.24) is 14.9 Å². The standard InChI is InChI=1S/C20H23N3/c1-15-9-10-17(13-16(15)2)14-22-19(18-7-5-4-6-8-18)20-21-11-12-23(20)3/h4-13,19,22H,14H2,1-3H3/t19-/m0/s1. The average molecular weight is 305 g/mol. The van der Waals surface area contributed by atoms with Crippen LogP contribution in [0.25, 0.3) is 0 Å². The van der Waals surface area contributed by atoms with E-state index < -0.39 is 0 Å². The zero-order valence-electron chi connectivity index (χ0n) is 14.0. The first-order valence-electron chi connectivity index (χ1n) is 7.97. The van der Waals surface area contributed by atoms with E-state index in [1.54, 1.807) is 0 Å². The van der Waals surface area contributed by atoms with Gasteiger partial charge in [-0.15, -0.1) is 0 Å². The van der Waals surface area contributed by atoms with Crippen molar-refractivity contribution < 1.29 is 0 Å². The normalized spacial score (nSPS) is 12.3. The summed E-state index contributed by atoms with van der Waals surface area (Å²) < 4.78 is 2.07. The summed E-state index contributed by atoms with van der Waals surface area (Å²) in [6, 6.07) is 17.2. The van der Waals surface area contributed by atoms with Gasteiger partial charge in [-0.2, -0.15) is 0 Å². The van der Waals surface area contributed by atoms with Gasteiger partial charge in [0.15, 0.2) is 0 Å². The molecule has 0 saturated heterocycles. The van der Waals surface area contributed by atoms with Crippen LogP contribution in [0.15, 0.2) is 60.9 Å². The molecule has 0 radical (unpaired) electrons. The first kappa shape index (κ1) is 15.5. The van der Waals surface area contributed by atoms with E-state index in [1.807, 2.05) is 25.5 Å². The molecule has 0 aliphatic rings. The summed E-state index contributed by atoms with van der Waals surface area (Å²) in [5.41, 5.74) is 5.18. The largest absolute Gasteiger partial charge is 0.336 e. The van der Waals surface area contributed by atoms with E-state index in [0.29, 0.717) is 0 Å². The second kappa shape index (κ2) is 6.80. The van der Waals surface area contributed by atoms with Gasteiger partial charge in [0.25, 0.3) is 0 Å². The van der Waals surface area contributed by atoms with Crippen LogP contribution < -0.4 is 5.32 Å². The molecule has 0 spiro atoms. The van der Waals surface area contributed by atoms with Crippen LogP contribution in [0, 0.1) is 13.8 Å². The molecule has 3 heteroatoms. The Labute approximate surface area is 138 Å². The molecule has 0 fully saturated rings. The molecule has 23 heavy (non-hydrogen) atoms.